The van der Waals surface area contributed by atoms with E-state index < -0.39 is 0 Å². The van der Waals surface area contributed by atoms with Crippen molar-refractivity contribution in [1.29, 1.82) is 0 Å². The SMILES string of the molecule is CNCC(C)C(=O)NCCCN1CCN(C)CC1c1ccccc1.Cl.Cl.Cl. The van der Waals surface area contributed by atoms with Crippen LogP contribution in [-0.4, -0.2) is 69.1 Å². The number of hydrogen-bond donors (Lipinski definition) is 2. The molecule has 1 saturated heterocycles. The highest BCUT2D eigenvalue weighted by atomic mass is 35.5. The molecule has 2 atom stereocenters. The lowest BCUT2D eigenvalue weighted by Crippen LogP contribution is -2.47. The molecule has 1 aliphatic heterocycles. The smallest absolute Gasteiger partial charge is 0.224 e. The second kappa shape index (κ2) is 15.4. The van der Waals surface area contributed by atoms with E-state index in [1.54, 1.807) is 0 Å². The summed E-state index contributed by atoms with van der Waals surface area (Å²) in [5.41, 5.74) is 1.38. The number of likely N-dealkylation sites (N-methyl/N-ethyl adjacent to an activating group) is 1. The van der Waals surface area contributed by atoms with Crippen molar-refractivity contribution < 1.29 is 4.79 Å². The van der Waals surface area contributed by atoms with E-state index in [4.69, 9.17) is 0 Å². The third kappa shape index (κ3) is 9.46. The monoisotopic (exact) mass is 440 g/mol. The van der Waals surface area contributed by atoms with Crippen molar-refractivity contribution in [2.45, 2.75) is 19.4 Å². The summed E-state index contributed by atoms with van der Waals surface area (Å²) in [6, 6.07) is 11.2. The standard InChI is InChI=1S/C19H32N4O.3ClH/c1-16(14-20-2)19(24)21-10-7-11-23-13-12-22(3)15-18(23)17-8-5-4-6-9-17;;;/h4-6,8-9,16,18,20H,7,10-15H2,1-3H3,(H,21,24);3*1H. The Morgan fingerprint density at radius 3 is 2.48 bits per heavy atom. The predicted molar refractivity (Wildman–Crippen MR) is 121 cm³/mol. The van der Waals surface area contributed by atoms with Crippen molar-refractivity contribution in [3.63, 3.8) is 0 Å². The second-order valence-electron chi connectivity index (χ2n) is 6.83. The van der Waals surface area contributed by atoms with E-state index in [9.17, 15) is 4.79 Å². The maximum atomic E-state index is 11.9. The van der Waals surface area contributed by atoms with Gasteiger partial charge in [-0.2, -0.15) is 0 Å². The van der Waals surface area contributed by atoms with Crippen LogP contribution < -0.4 is 10.6 Å². The van der Waals surface area contributed by atoms with Gasteiger partial charge in [-0.3, -0.25) is 9.69 Å². The van der Waals surface area contributed by atoms with Gasteiger partial charge in [0.2, 0.25) is 5.91 Å². The van der Waals surface area contributed by atoms with Crippen LogP contribution in [0.4, 0.5) is 0 Å². The van der Waals surface area contributed by atoms with Crippen molar-refractivity contribution in [1.82, 2.24) is 20.4 Å². The van der Waals surface area contributed by atoms with E-state index in [1.807, 2.05) is 14.0 Å². The fraction of sp³-hybridized carbons (Fsp3) is 0.632. The molecule has 2 N–H and O–H groups in total. The maximum Gasteiger partial charge on any atom is 0.224 e. The first kappa shape index (κ1) is 28.6. The normalized spacial score (nSPS) is 18.4. The van der Waals surface area contributed by atoms with Gasteiger partial charge in [0, 0.05) is 51.2 Å². The Hall–Kier alpha value is -0.560. The van der Waals surface area contributed by atoms with Gasteiger partial charge in [0.1, 0.15) is 0 Å². The summed E-state index contributed by atoms with van der Waals surface area (Å²) in [4.78, 5) is 16.9. The zero-order valence-corrected chi connectivity index (χ0v) is 19.0. The molecule has 2 unspecified atom stereocenters. The van der Waals surface area contributed by atoms with E-state index in [0.29, 0.717) is 6.04 Å². The number of halogens is 3. The van der Waals surface area contributed by atoms with Crippen LogP contribution in [-0.2, 0) is 4.79 Å². The minimum Gasteiger partial charge on any atom is -0.356 e. The molecule has 0 radical (unpaired) electrons. The lowest BCUT2D eigenvalue weighted by molar-refractivity contribution is -0.124. The first-order chi connectivity index (χ1) is 11.6. The number of piperazine rings is 1. The molecule has 1 aromatic carbocycles. The highest BCUT2D eigenvalue weighted by Crippen LogP contribution is 2.24. The molecule has 0 spiro atoms. The van der Waals surface area contributed by atoms with Gasteiger partial charge in [-0.05, 0) is 26.1 Å². The summed E-state index contributed by atoms with van der Waals surface area (Å²) >= 11 is 0. The molecule has 8 heteroatoms. The van der Waals surface area contributed by atoms with E-state index in [-0.39, 0.29) is 49.0 Å². The molecular formula is C19H35Cl3N4O. The number of benzene rings is 1. The van der Waals surface area contributed by atoms with Crippen LogP contribution in [0.2, 0.25) is 0 Å². The third-order valence-electron chi connectivity index (χ3n) is 4.76. The quantitative estimate of drug-likeness (QED) is 0.609. The molecule has 0 aromatic heterocycles. The van der Waals surface area contributed by atoms with Crippen molar-refractivity contribution >= 4 is 43.1 Å². The number of rotatable bonds is 8. The van der Waals surface area contributed by atoms with Crippen LogP contribution in [0.3, 0.4) is 0 Å². The lowest BCUT2D eigenvalue weighted by Gasteiger charge is -2.40. The number of amides is 1. The second-order valence-corrected chi connectivity index (χ2v) is 6.83. The molecule has 158 valence electrons. The minimum atomic E-state index is 0. The topological polar surface area (TPSA) is 47.6 Å². The van der Waals surface area contributed by atoms with Crippen molar-refractivity contribution in [2.75, 3.05) is 53.4 Å². The molecule has 1 fully saturated rings. The average molecular weight is 442 g/mol. The van der Waals surface area contributed by atoms with Crippen LogP contribution in [0, 0.1) is 5.92 Å². The summed E-state index contributed by atoms with van der Waals surface area (Å²) < 4.78 is 0. The summed E-state index contributed by atoms with van der Waals surface area (Å²) in [5, 5.41) is 6.10. The molecule has 1 amide bonds. The van der Waals surface area contributed by atoms with Gasteiger partial charge in [-0.1, -0.05) is 37.3 Å². The number of hydrogen-bond acceptors (Lipinski definition) is 4. The van der Waals surface area contributed by atoms with Crippen LogP contribution >= 0.6 is 37.2 Å². The van der Waals surface area contributed by atoms with Gasteiger partial charge in [0.15, 0.2) is 0 Å². The molecule has 2 rings (SSSR count). The predicted octanol–water partition coefficient (Wildman–Crippen LogP) is 2.60. The Kier molecular flexibility index (Phi) is 16.3. The molecule has 5 nitrogen and oxygen atoms in total. The van der Waals surface area contributed by atoms with Gasteiger partial charge in [0.25, 0.3) is 0 Å². The van der Waals surface area contributed by atoms with Crippen molar-refractivity contribution in [3.8, 4) is 0 Å². The Labute approximate surface area is 182 Å². The summed E-state index contributed by atoms with van der Waals surface area (Å²) in [5.74, 6) is 0.165. The Morgan fingerprint density at radius 2 is 1.85 bits per heavy atom. The highest BCUT2D eigenvalue weighted by Gasteiger charge is 2.25. The molecule has 0 bridgehead atoms. The highest BCUT2D eigenvalue weighted by molar-refractivity contribution is 5.86. The summed E-state index contributed by atoms with van der Waals surface area (Å²) in [7, 11) is 4.07. The van der Waals surface area contributed by atoms with Gasteiger partial charge < -0.3 is 15.5 Å². The van der Waals surface area contributed by atoms with Crippen molar-refractivity contribution in [3.05, 3.63) is 35.9 Å². The van der Waals surface area contributed by atoms with Gasteiger partial charge in [-0.25, -0.2) is 0 Å². The van der Waals surface area contributed by atoms with Crippen molar-refractivity contribution in [2.24, 2.45) is 5.92 Å². The number of carbonyl (C=O) groups excluding carboxylic acids is 1. The number of carbonyl (C=O) groups is 1. The average Bonchev–Trinajstić information content (AvgIpc) is 2.60. The molecule has 27 heavy (non-hydrogen) atoms. The molecule has 1 heterocycles. The first-order valence-electron chi connectivity index (χ1n) is 9.01. The zero-order valence-electron chi connectivity index (χ0n) is 16.5. The Bertz CT molecular complexity index is 507. The summed E-state index contributed by atoms with van der Waals surface area (Å²) in [6.07, 6.45) is 0.991. The number of nitrogens with zero attached hydrogens (tertiary/aromatic N) is 2. The van der Waals surface area contributed by atoms with Gasteiger partial charge in [0.05, 0.1) is 0 Å². The van der Waals surface area contributed by atoms with Gasteiger partial charge in [-0.15, -0.1) is 37.2 Å². The van der Waals surface area contributed by atoms with Crippen LogP contribution in [0.15, 0.2) is 30.3 Å². The zero-order chi connectivity index (χ0) is 17.4. The fourth-order valence-electron chi connectivity index (χ4n) is 3.28. The van der Waals surface area contributed by atoms with Crippen LogP contribution in [0.1, 0.15) is 24.9 Å². The molecular weight excluding hydrogens is 407 g/mol. The molecule has 0 saturated carbocycles. The minimum absolute atomic E-state index is 0. The van der Waals surface area contributed by atoms with Crippen LogP contribution in [0.25, 0.3) is 0 Å². The van der Waals surface area contributed by atoms with E-state index in [2.05, 4.69) is 57.8 Å². The Balaban J connectivity index is 0. The summed E-state index contributed by atoms with van der Waals surface area (Å²) in [6.45, 7) is 7.71. The molecule has 0 aliphatic carbocycles. The number of nitrogens with one attached hydrogen (secondary N) is 2. The van der Waals surface area contributed by atoms with E-state index in [0.717, 1.165) is 45.7 Å². The fourth-order valence-corrected chi connectivity index (χ4v) is 3.28. The molecule has 1 aromatic rings. The van der Waals surface area contributed by atoms with Crippen LogP contribution in [0.5, 0.6) is 0 Å². The van der Waals surface area contributed by atoms with Gasteiger partial charge >= 0.3 is 0 Å². The molecule has 1 aliphatic rings. The maximum absolute atomic E-state index is 11.9. The van der Waals surface area contributed by atoms with E-state index >= 15 is 0 Å². The third-order valence-corrected chi connectivity index (χ3v) is 4.76. The largest absolute Gasteiger partial charge is 0.356 e. The lowest BCUT2D eigenvalue weighted by atomic mass is 10.0. The first-order valence-corrected chi connectivity index (χ1v) is 9.01. The van der Waals surface area contributed by atoms with E-state index in [1.165, 1.54) is 5.56 Å². The Morgan fingerprint density at radius 1 is 1.19 bits per heavy atom.